The van der Waals surface area contributed by atoms with Crippen LogP contribution >= 0.6 is 0 Å². The first-order valence-corrected chi connectivity index (χ1v) is 5.55. The predicted molar refractivity (Wildman–Crippen MR) is 65.9 cm³/mol. The van der Waals surface area contributed by atoms with Crippen molar-refractivity contribution in [3.63, 3.8) is 0 Å². The fourth-order valence-corrected chi connectivity index (χ4v) is 1.63. The van der Waals surface area contributed by atoms with Gasteiger partial charge in [0.25, 0.3) is 0 Å². The molecule has 0 atom stereocenters. The number of hydrogen-bond donors (Lipinski definition) is 1. The van der Waals surface area contributed by atoms with Crippen molar-refractivity contribution in [2.24, 2.45) is 0 Å². The Kier molecular flexibility index (Phi) is 2.60. The number of rotatable bonds is 3. The quantitative estimate of drug-likeness (QED) is 0.755. The molecule has 6 nitrogen and oxygen atoms in total. The Morgan fingerprint density at radius 3 is 2.94 bits per heavy atom. The van der Waals surface area contributed by atoms with Crippen LogP contribution in [-0.2, 0) is 6.54 Å². The summed E-state index contributed by atoms with van der Waals surface area (Å²) < 4.78 is 5.11. The maximum atomic E-state index is 5.11. The summed E-state index contributed by atoms with van der Waals surface area (Å²) in [6.07, 6.45) is 3.27. The minimum atomic E-state index is 0.541. The van der Waals surface area contributed by atoms with Gasteiger partial charge < -0.3 is 9.84 Å². The van der Waals surface area contributed by atoms with Crippen LogP contribution < -0.4 is 5.32 Å². The van der Waals surface area contributed by atoms with Crippen molar-refractivity contribution in [3.05, 3.63) is 42.0 Å². The smallest absolute Gasteiger partial charge is 0.180 e. The third-order valence-electron chi connectivity index (χ3n) is 2.45. The van der Waals surface area contributed by atoms with E-state index < -0.39 is 0 Å². The fourth-order valence-electron chi connectivity index (χ4n) is 1.63. The summed E-state index contributed by atoms with van der Waals surface area (Å²) in [6.45, 7) is 2.43. The van der Waals surface area contributed by atoms with Gasteiger partial charge in [-0.2, -0.15) is 0 Å². The van der Waals surface area contributed by atoms with Crippen LogP contribution in [0.25, 0.3) is 11.2 Å². The molecule has 90 valence electrons. The Bertz CT molecular complexity index is 679. The van der Waals surface area contributed by atoms with Crippen molar-refractivity contribution in [1.29, 1.82) is 0 Å². The second-order valence-corrected chi connectivity index (χ2v) is 3.88. The van der Waals surface area contributed by atoms with E-state index in [9.17, 15) is 0 Å². The van der Waals surface area contributed by atoms with Crippen LogP contribution in [0.2, 0.25) is 0 Å². The highest BCUT2D eigenvalue weighted by atomic mass is 16.5. The summed E-state index contributed by atoms with van der Waals surface area (Å²) in [5.41, 5.74) is 2.26. The number of fused-ring (bicyclic) bond motifs is 1. The number of nitrogens with one attached hydrogen (secondary N) is 1. The van der Waals surface area contributed by atoms with Gasteiger partial charge in [-0.25, -0.2) is 9.97 Å². The van der Waals surface area contributed by atoms with Crippen LogP contribution in [0.15, 0.2) is 35.1 Å². The van der Waals surface area contributed by atoms with Crippen molar-refractivity contribution >= 4 is 17.0 Å². The lowest BCUT2D eigenvalue weighted by Gasteiger charge is -2.03. The lowest BCUT2D eigenvalue weighted by molar-refractivity contribution is 0.384. The average molecular weight is 241 g/mol. The molecule has 0 aliphatic carbocycles. The molecule has 0 fully saturated rings. The van der Waals surface area contributed by atoms with E-state index in [2.05, 4.69) is 25.4 Å². The van der Waals surface area contributed by atoms with Gasteiger partial charge in [-0.1, -0.05) is 5.16 Å². The van der Waals surface area contributed by atoms with E-state index >= 15 is 0 Å². The van der Waals surface area contributed by atoms with Crippen molar-refractivity contribution < 1.29 is 4.52 Å². The highest BCUT2D eigenvalue weighted by Crippen LogP contribution is 2.11. The van der Waals surface area contributed by atoms with Gasteiger partial charge in [-0.05, 0) is 19.1 Å². The van der Waals surface area contributed by atoms with E-state index in [1.165, 1.54) is 0 Å². The third-order valence-corrected chi connectivity index (χ3v) is 2.45. The summed E-state index contributed by atoms with van der Waals surface area (Å²) in [7, 11) is 0. The topological polar surface area (TPSA) is 76.7 Å². The minimum Gasteiger partial charge on any atom is -0.363 e. The Labute approximate surface area is 103 Å². The molecule has 0 saturated heterocycles. The third kappa shape index (κ3) is 2.13. The summed E-state index contributed by atoms with van der Waals surface area (Å²) >= 11 is 0. The zero-order chi connectivity index (χ0) is 12.4. The second kappa shape index (κ2) is 4.40. The SMILES string of the molecule is Cc1cc(CNc2ccc3nccnc3n2)on1. The number of nitrogens with zero attached hydrogens (tertiary/aromatic N) is 4. The zero-order valence-corrected chi connectivity index (χ0v) is 9.79. The number of pyridine rings is 1. The molecular weight excluding hydrogens is 230 g/mol. The Hall–Kier alpha value is -2.50. The Morgan fingerprint density at radius 1 is 1.22 bits per heavy atom. The van der Waals surface area contributed by atoms with E-state index in [-0.39, 0.29) is 0 Å². The molecule has 3 heterocycles. The van der Waals surface area contributed by atoms with Crippen molar-refractivity contribution in [1.82, 2.24) is 20.1 Å². The molecule has 3 rings (SSSR count). The number of aryl methyl sites for hydroxylation is 1. The molecule has 0 aromatic carbocycles. The zero-order valence-electron chi connectivity index (χ0n) is 9.79. The maximum absolute atomic E-state index is 5.11. The summed E-state index contributed by atoms with van der Waals surface area (Å²) in [5, 5.41) is 6.97. The monoisotopic (exact) mass is 241 g/mol. The standard InChI is InChI=1S/C12H11N5O/c1-8-6-9(18-17-8)7-15-11-3-2-10-12(16-11)14-5-4-13-10/h2-6H,7H2,1H3,(H,14,15,16). The first-order chi connectivity index (χ1) is 8.81. The normalized spacial score (nSPS) is 10.7. The lowest BCUT2D eigenvalue weighted by atomic mass is 10.3. The van der Waals surface area contributed by atoms with Crippen LogP contribution in [0.4, 0.5) is 5.82 Å². The Morgan fingerprint density at radius 2 is 2.11 bits per heavy atom. The predicted octanol–water partition coefficient (Wildman–Crippen LogP) is 1.93. The first kappa shape index (κ1) is 10.6. The van der Waals surface area contributed by atoms with Gasteiger partial charge in [-0.15, -0.1) is 0 Å². The molecule has 0 spiro atoms. The number of anilines is 1. The van der Waals surface area contributed by atoms with Gasteiger partial charge in [0.2, 0.25) is 0 Å². The molecule has 3 aromatic rings. The van der Waals surface area contributed by atoms with Gasteiger partial charge in [-0.3, -0.25) is 4.98 Å². The fraction of sp³-hybridized carbons (Fsp3) is 0.167. The molecule has 0 aliphatic rings. The number of hydrogen-bond acceptors (Lipinski definition) is 6. The van der Waals surface area contributed by atoms with E-state index in [1.54, 1.807) is 12.4 Å². The molecule has 3 aromatic heterocycles. The van der Waals surface area contributed by atoms with Crippen LogP contribution in [0.1, 0.15) is 11.5 Å². The van der Waals surface area contributed by atoms with E-state index in [0.717, 1.165) is 22.8 Å². The molecule has 0 saturated carbocycles. The summed E-state index contributed by atoms with van der Waals surface area (Å²) in [4.78, 5) is 12.7. The van der Waals surface area contributed by atoms with Crippen molar-refractivity contribution in [3.8, 4) is 0 Å². The molecule has 0 unspecified atom stereocenters. The van der Waals surface area contributed by atoms with Gasteiger partial charge in [0.15, 0.2) is 11.4 Å². The molecule has 0 amide bonds. The molecule has 0 bridgehead atoms. The van der Waals surface area contributed by atoms with Crippen LogP contribution in [0, 0.1) is 6.92 Å². The van der Waals surface area contributed by atoms with E-state index in [0.29, 0.717) is 12.2 Å². The van der Waals surface area contributed by atoms with Gasteiger partial charge >= 0.3 is 0 Å². The van der Waals surface area contributed by atoms with Gasteiger partial charge in [0.1, 0.15) is 11.3 Å². The lowest BCUT2D eigenvalue weighted by Crippen LogP contribution is -2.01. The van der Waals surface area contributed by atoms with Gasteiger partial charge in [0, 0.05) is 18.5 Å². The van der Waals surface area contributed by atoms with Crippen LogP contribution in [0.5, 0.6) is 0 Å². The molecule has 0 radical (unpaired) electrons. The highest BCUT2D eigenvalue weighted by molar-refractivity contribution is 5.71. The van der Waals surface area contributed by atoms with Crippen molar-refractivity contribution in [2.45, 2.75) is 13.5 Å². The van der Waals surface area contributed by atoms with Gasteiger partial charge in [0.05, 0.1) is 12.2 Å². The largest absolute Gasteiger partial charge is 0.363 e. The van der Waals surface area contributed by atoms with Crippen LogP contribution in [0.3, 0.4) is 0 Å². The molecule has 1 N–H and O–H groups in total. The van der Waals surface area contributed by atoms with E-state index in [4.69, 9.17) is 4.52 Å². The number of aromatic nitrogens is 4. The summed E-state index contributed by atoms with van der Waals surface area (Å²) in [5.74, 6) is 1.51. The molecule has 18 heavy (non-hydrogen) atoms. The highest BCUT2D eigenvalue weighted by Gasteiger charge is 2.02. The van der Waals surface area contributed by atoms with Crippen molar-refractivity contribution in [2.75, 3.05) is 5.32 Å². The Balaban J connectivity index is 1.78. The van der Waals surface area contributed by atoms with E-state index in [1.807, 2.05) is 25.1 Å². The molecular formula is C12H11N5O. The maximum Gasteiger partial charge on any atom is 0.180 e. The summed E-state index contributed by atoms with van der Waals surface area (Å²) in [6, 6.07) is 5.62. The molecule has 0 aliphatic heterocycles. The molecule has 6 heteroatoms. The van der Waals surface area contributed by atoms with Crippen LogP contribution in [-0.4, -0.2) is 20.1 Å². The minimum absolute atomic E-state index is 0.541. The first-order valence-electron chi connectivity index (χ1n) is 5.55. The second-order valence-electron chi connectivity index (χ2n) is 3.88. The average Bonchev–Trinajstić information content (AvgIpc) is 2.82.